The minimum Gasteiger partial charge on any atom is -0.360 e. The smallest absolute Gasteiger partial charge is 0.247 e. The van der Waals surface area contributed by atoms with Crippen LogP contribution in [-0.4, -0.2) is 46.4 Å². The lowest BCUT2D eigenvalue weighted by atomic mass is 9.96. The van der Waals surface area contributed by atoms with Crippen LogP contribution in [0, 0.1) is 0 Å². The maximum absolute atomic E-state index is 12.4. The fourth-order valence-corrected chi connectivity index (χ4v) is 3.97. The Hall–Kier alpha value is -0.710. The molecule has 1 amide bonds. The zero-order valence-electron chi connectivity index (χ0n) is 12.9. The van der Waals surface area contributed by atoms with Crippen molar-refractivity contribution >= 4 is 22.8 Å². The molecule has 0 spiro atoms. The molecule has 4 nitrogen and oxygen atoms in total. The van der Waals surface area contributed by atoms with E-state index in [2.05, 4.69) is 24.2 Å². The van der Waals surface area contributed by atoms with E-state index in [0.717, 1.165) is 49.7 Å². The molecule has 0 aromatic rings. The third kappa shape index (κ3) is 3.90. The van der Waals surface area contributed by atoms with Gasteiger partial charge < -0.3 is 10.2 Å². The van der Waals surface area contributed by atoms with E-state index in [1.54, 1.807) is 11.8 Å². The second-order valence-electron chi connectivity index (χ2n) is 6.13. The quantitative estimate of drug-likeness (QED) is 0.871. The number of rotatable bonds is 3. The normalized spacial score (nSPS) is 30.9. The molecular weight excluding hydrogens is 270 g/mol. The summed E-state index contributed by atoms with van der Waals surface area (Å²) >= 11 is 1.74. The van der Waals surface area contributed by atoms with E-state index >= 15 is 0 Å². The van der Waals surface area contributed by atoms with Crippen molar-refractivity contribution in [3.05, 3.63) is 0 Å². The monoisotopic (exact) mass is 297 g/mol. The number of carbonyl (C=O) groups is 1. The molecule has 20 heavy (non-hydrogen) atoms. The van der Waals surface area contributed by atoms with Crippen molar-refractivity contribution in [2.45, 2.75) is 64.5 Å². The lowest BCUT2D eigenvalue weighted by molar-refractivity contribution is -0.132. The highest BCUT2D eigenvalue weighted by molar-refractivity contribution is 8.13. The summed E-state index contributed by atoms with van der Waals surface area (Å²) in [5.41, 5.74) is 0.137. The van der Waals surface area contributed by atoms with E-state index in [1.807, 2.05) is 11.8 Å². The van der Waals surface area contributed by atoms with Gasteiger partial charge in [-0.2, -0.15) is 0 Å². The Morgan fingerprint density at radius 3 is 2.80 bits per heavy atom. The second kappa shape index (κ2) is 6.83. The van der Waals surface area contributed by atoms with E-state index in [0.29, 0.717) is 0 Å². The highest BCUT2D eigenvalue weighted by atomic mass is 32.2. The number of hydrogen-bond acceptors (Lipinski definition) is 3. The highest BCUT2D eigenvalue weighted by Crippen LogP contribution is 2.25. The summed E-state index contributed by atoms with van der Waals surface area (Å²) in [6.07, 6.45) is 5.76. The Labute approximate surface area is 126 Å². The maximum Gasteiger partial charge on any atom is 0.247 e. The van der Waals surface area contributed by atoms with Crippen molar-refractivity contribution in [3.8, 4) is 0 Å². The molecule has 0 aliphatic carbocycles. The Balaban J connectivity index is 1.96. The first-order chi connectivity index (χ1) is 9.54. The number of piperidine rings is 1. The fourth-order valence-electron chi connectivity index (χ4n) is 2.67. The zero-order chi connectivity index (χ0) is 14.6. The van der Waals surface area contributed by atoms with Gasteiger partial charge in [0.2, 0.25) is 5.91 Å². The average Bonchev–Trinajstić information content (AvgIpc) is 2.47. The zero-order valence-corrected chi connectivity index (χ0v) is 13.8. The molecule has 2 aliphatic heterocycles. The summed E-state index contributed by atoms with van der Waals surface area (Å²) < 4.78 is 0. The van der Waals surface area contributed by atoms with E-state index < -0.39 is 0 Å². The first-order valence-electron chi connectivity index (χ1n) is 7.82. The molecule has 0 bridgehead atoms. The summed E-state index contributed by atoms with van der Waals surface area (Å²) in [6.45, 7) is 8.16. The molecule has 0 radical (unpaired) electrons. The van der Waals surface area contributed by atoms with Crippen LogP contribution in [0.5, 0.6) is 0 Å². The van der Waals surface area contributed by atoms with Gasteiger partial charge in [0.25, 0.3) is 0 Å². The summed E-state index contributed by atoms with van der Waals surface area (Å²) in [5, 5.41) is 4.45. The molecule has 2 saturated heterocycles. The van der Waals surface area contributed by atoms with Crippen molar-refractivity contribution in [3.63, 3.8) is 0 Å². The first kappa shape index (κ1) is 15.7. The van der Waals surface area contributed by atoms with Gasteiger partial charge in [-0.3, -0.25) is 4.79 Å². The van der Waals surface area contributed by atoms with E-state index in [4.69, 9.17) is 0 Å². The number of nitrogens with zero attached hydrogens (tertiary/aromatic N) is 2. The van der Waals surface area contributed by atoms with E-state index in [-0.39, 0.29) is 17.5 Å². The van der Waals surface area contributed by atoms with Crippen molar-refractivity contribution in [2.24, 2.45) is 4.99 Å². The number of carbonyl (C=O) groups excluding carboxylic acids is 1. The predicted octanol–water partition coefficient (Wildman–Crippen LogP) is 2.64. The Bertz CT molecular complexity index is 379. The van der Waals surface area contributed by atoms with Crippen LogP contribution in [0.4, 0.5) is 0 Å². The number of aliphatic imine (C=N–C) groups is 1. The topological polar surface area (TPSA) is 44.7 Å². The van der Waals surface area contributed by atoms with E-state index in [9.17, 15) is 4.79 Å². The van der Waals surface area contributed by atoms with Crippen molar-refractivity contribution < 1.29 is 4.79 Å². The summed E-state index contributed by atoms with van der Waals surface area (Å²) in [7, 11) is 0. The molecule has 5 heteroatoms. The number of nitrogens with one attached hydrogen (secondary N) is 1. The van der Waals surface area contributed by atoms with Gasteiger partial charge in [-0.05, 0) is 46.0 Å². The lowest BCUT2D eigenvalue weighted by Crippen LogP contribution is -2.49. The number of amides is 1. The molecule has 2 atom stereocenters. The van der Waals surface area contributed by atoms with Crippen LogP contribution in [0.3, 0.4) is 0 Å². The van der Waals surface area contributed by atoms with Crippen molar-refractivity contribution in [1.29, 1.82) is 0 Å². The van der Waals surface area contributed by atoms with Gasteiger partial charge in [0, 0.05) is 24.4 Å². The first-order valence-corrected chi connectivity index (χ1v) is 8.80. The molecule has 2 rings (SSSR count). The number of likely N-dealkylation sites (tertiary alicyclic amines) is 1. The van der Waals surface area contributed by atoms with Gasteiger partial charge in [-0.15, -0.1) is 0 Å². The van der Waals surface area contributed by atoms with E-state index in [1.165, 1.54) is 6.42 Å². The predicted molar refractivity (Wildman–Crippen MR) is 86.2 cm³/mol. The summed E-state index contributed by atoms with van der Waals surface area (Å²) in [6, 6.07) is -0.262. The standard InChI is InChI=1S/C15H27N3OS/c1-4-15(3)8-11-20-14(17-15)16-12(2)13(19)18-9-6-5-7-10-18/h12H,4-11H2,1-3H3,(H,16,17). The minimum absolute atomic E-state index is 0.137. The number of amidine groups is 1. The molecule has 1 N–H and O–H groups in total. The molecule has 2 heterocycles. The van der Waals surface area contributed by atoms with Gasteiger partial charge >= 0.3 is 0 Å². The van der Waals surface area contributed by atoms with Crippen molar-refractivity contribution in [1.82, 2.24) is 10.2 Å². The van der Waals surface area contributed by atoms with Crippen molar-refractivity contribution in [2.75, 3.05) is 18.8 Å². The van der Waals surface area contributed by atoms with Gasteiger partial charge in [0.1, 0.15) is 6.04 Å². The molecule has 114 valence electrons. The van der Waals surface area contributed by atoms with Crippen LogP contribution in [0.15, 0.2) is 4.99 Å². The highest BCUT2D eigenvalue weighted by Gasteiger charge is 2.29. The van der Waals surface area contributed by atoms with Crippen LogP contribution >= 0.6 is 11.8 Å². The maximum atomic E-state index is 12.4. The third-order valence-corrected chi connectivity index (χ3v) is 5.31. The Morgan fingerprint density at radius 2 is 2.15 bits per heavy atom. The minimum atomic E-state index is -0.262. The molecule has 0 aromatic carbocycles. The summed E-state index contributed by atoms with van der Waals surface area (Å²) in [4.78, 5) is 19.0. The SMILES string of the molecule is CCC1(C)CCSC(=NC(C)C(=O)N2CCCCC2)N1. The molecule has 0 saturated carbocycles. The van der Waals surface area contributed by atoms with Crippen LogP contribution < -0.4 is 5.32 Å². The fraction of sp³-hybridized carbons (Fsp3) is 0.867. The molecule has 2 unspecified atom stereocenters. The average molecular weight is 297 g/mol. The second-order valence-corrected chi connectivity index (χ2v) is 7.22. The molecule has 0 aromatic heterocycles. The van der Waals surface area contributed by atoms with Crippen LogP contribution in [0.2, 0.25) is 0 Å². The third-order valence-electron chi connectivity index (χ3n) is 4.42. The van der Waals surface area contributed by atoms with Crippen LogP contribution in [0.25, 0.3) is 0 Å². The van der Waals surface area contributed by atoms with Gasteiger partial charge in [0.05, 0.1) is 0 Å². The van der Waals surface area contributed by atoms with Gasteiger partial charge in [0.15, 0.2) is 5.17 Å². The molecular formula is C15H27N3OS. The van der Waals surface area contributed by atoms with Crippen LogP contribution in [0.1, 0.15) is 52.9 Å². The number of thioether (sulfide) groups is 1. The van der Waals surface area contributed by atoms with Gasteiger partial charge in [-0.1, -0.05) is 18.7 Å². The van der Waals surface area contributed by atoms with Crippen LogP contribution in [-0.2, 0) is 4.79 Å². The van der Waals surface area contributed by atoms with Gasteiger partial charge in [-0.25, -0.2) is 4.99 Å². The summed E-state index contributed by atoms with van der Waals surface area (Å²) in [5.74, 6) is 1.27. The Kier molecular flexibility index (Phi) is 5.35. The molecule has 2 fully saturated rings. The lowest BCUT2D eigenvalue weighted by Gasteiger charge is -2.35. The Morgan fingerprint density at radius 1 is 1.45 bits per heavy atom. The molecule has 2 aliphatic rings. The largest absolute Gasteiger partial charge is 0.360 e. The number of hydrogen-bond donors (Lipinski definition) is 1.